The van der Waals surface area contributed by atoms with Crippen LogP contribution in [0.5, 0.6) is 0 Å². The summed E-state index contributed by atoms with van der Waals surface area (Å²) in [7, 11) is 0. The molecule has 3 rings (SSSR count). The van der Waals surface area contributed by atoms with Crippen molar-refractivity contribution in [1.82, 2.24) is 4.90 Å². The van der Waals surface area contributed by atoms with Crippen LogP contribution in [-0.4, -0.2) is 45.0 Å². The van der Waals surface area contributed by atoms with Crippen LogP contribution in [0.1, 0.15) is 23.2 Å². The van der Waals surface area contributed by atoms with E-state index < -0.39 is 11.8 Å². The fourth-order valence-corrected chi connectivity index (χ4v) is 4.23. The molecule has 2 aliphatic rings. The second kappa shape index (κ2) is 4.65. The molecule has 2 aliphatic heterocycles. The van der Waals surface area contributed by atoms with Gasteiger partial charge in [-0.1, -0.05) is 18.2 Å². The van der Waals surface area contributed by atoms with Gasteiger partial charge in [0.2, 0.25) is 0 Å². The van der Waals surface area contributed by atoms with Crippen LogP contribution >= 0.6 is 11.8 Å². The molecule has 4 nitrogen and oxygen atoms in total. The zero-order valence-electron chi connectivity index (χ0n) is 10.4. The van der Waals surface area contributed by atoms with Crippen LogP contribution in [0.25, 0.3) is 0 Å². The molecule has 19 heavy (non-hydrogen) atoms. The number of hydrogen-bond acceptors (Lipinski definition) is 4. The van der Waals surface area contributed by atoms with Crippen molar-refractivity contribution in [3.8, 4) is 0 Å². The first-order chi connectivity index (χ1) is 9.15. The van der Waals surface area contributed by atoms with Gasteiger partial charge in [-0.3, -0.25) is 14.5 Å². The molecular weight excluding hydrogens is 262 g/mol. The second-order valence-electron chi connectivity index (χ2n) is 5.01. The molecule has 5 heteroatoms. The average Bonchev–Trinajstić information content (AvgIpc) is 2.96. The number of nitrogens with zero attached hydrogens (tertiary/aromatic N) is 1. The lowest BCUT2D eigenvalue weighted by atomic mass is 9.93. The Balaban J connectivity index is 1.97. The lowest BCUT2D eigenvalue weighted by Crippen LogP contribution is -2.55. The molecule has 0 unspecified atom stereocenters. The Labute approximate surface area is 115 Å². The number of hydrogen-bond donors (Lipinski definition) is 1. The second-order valence-corrected chi connectivity index (χ2v) is 5.99. The summed E-state index contributed by atoms with van der Waals surface area (Å²) in [5.74, 6) is 0.854. The molecule has 1 N–H and O–H groups in total. The van der Waals surface area contributed by atoms with E-state index in [1.807, 2.05) is 6.07 Å². The highest BCUT2D eigenvalue weighted by atomic mass is 32.2. The van der Waals surface area contributed by atoms with E-state index in [1.54, 1.807) is 36.0 Å². The van der Waals surface area contributed by atoms with Crippen LogP contribution in [0.15, 0.2) is 30.3 Å². The minimum atomic E-state index is -0.852. The van der Waals surface area contributed by atoms with Crippen molar-refractivity contribution in [2.45, 2.75) is 24.6 Å². The molecule has 1 amide bonds. The van der Waals surface area contributed by atoms with E-state index in [4.69, 9.17) is 0 Å². The highest BCUT2D eigenvalue weighted by Crippen LogP contribution is 2.42. The number of aliphatic hydroxyl groups excluding tert-OH is 1. The third-order valence-electron chi connectivity index (χ3n) is 3.91. The zero-order chi connectivity index (χ0) is 13.5. The van der Waals surface area contributed by atoms with Crippen molar-refractivity contribution in [2.75, 3.05) is 11.5 Å². The summed E-state index contributed by atoms with van der Waals surface area (Å²) in [6, 6.07) is 8.84. The highest BCUT2D eigenvalue weighted by molar-refractivity contribution is 8.00. The van der Waals surface area contributed by atoms with Crippen molar-refractivity contribution >= 4 is 23.5 Å². The minimum absolute atomic E-state index is 0.0679. The van der Waals surface area contributed by atoms with Gasteiger partial charge in [-0.2, -0.15) is 11.8 Å². The maximum Gasteiger partial charge on any atom is 0.256 e. The van der Waals surface area contributed by atoms with Crippen LogP contribution < -0.4 is 0 Å². The van der Waals surface area contributed by atoms with E-state index in [1.165, 1.54) is 4.90 Å². The molecule has 0 aromatic heterocycles. The summed E-state index contributed by atoms with van der Waals surface area (Å²) in [4.78, 5) is 26.1. The molecule has 0 saturated carbocycles. The molecule has 1 spiro atoms. The predicted molar refractivity (Wildman–Crippen MR) is 72.9 cm³/mol. The van der Waals surface area contributed by atoms with Gasteiger partial charge in [0.1, 0.15) is 11.8 Å². The molecule has 0 bridgehead atoms. The molecule has 2 heterocycles. The van der Waals surface area contributed by atoms with E-state index in [-0.39, 0.29) is 11.7 Å². The summed E-state index contributed by atoms with van der Waals surface area (Å²) in [5, 5.41) is 10.1. The van der Waals surface area contributed by atoms with Crippen LogP contribution in [0, 0.1) is 0 Å². The average molecular weight is 277 g/mol. The number of Topliss-reactive ketones (excluding diaryl/α,β-unsaturated/α-hetero) is 1. The van der Waals surface area contributed by atoms with Gasteiger partial charge >= 0.3 is 0 Å². The Morgan fingerprint density at radius 2 is 2.11 bits per heavy atom. The fraction of sp³-hybridized carbons (Fsp3) is 0.429. The first kappa shape index (κ1) is 12.7. The Hall–Kier alpha value is -1.33. The Bertz CT molecular complexity index is 519. The number of carbonyl (C=O) groups excluding carboxylic acids is 2. The maximum atomic E-state index is 12.6. The molecule has 0 aliphatic carbocycles. The summed E-state index contributed by atoms with van der Waals surface area (Å²) in [6.45, 7) is 0. The number of amides is 1. The van der Waals surface area contributed by atoms with Gasteiger partial charge in [-0.15, -0.1) is 0 Å². The minimum Gasteiger partial charge on any atom is -0.373 e. The molecule has 0 radical (unpaired) electrons. The molecule has 2 fully saturated rings. The van der Waals surface area contributed by atoms with Crippen molar-refractivity contribution in [3.05, 3.63) is 35.9 Å². The monoisotopic (exact) mass is 277 g/mol. The summed E-state index contributed by atoms with van der Waals surface area (Å²) in [5.41, 5.74) is -0.260. The van der Waals surface area contributed by atoms with E-state index in [2.05, 4.69) is 0 Å². The number of rotatable bonds is 1. The molecular formula is C14H15NO3S. The van der Waals surface area contributed by atoms with Crippen molar-refractivity contribution in [2.24, 2.45) is 0 Å². The van der Waals surface area contributed by atoms with E-state index in [9.17, 15) is 14.7 Å². The van der Waals surface area contributed by atoms with Gasteiger partial charge in [0.15, 0.2) is 5.78 Å². The third kappa shape index (κ3) is 1.88. The third-order valence-corrected chi connectivity index (χ3v) is 5.06. The van der Waals surface area contributed by atoms with Gasteiger partial charge in [0, 0.05) is 11.3 Å². The van der Waals surface area contributed by atoms with Crippen molar-refractivity contribution in [1.29, 1.82) is 0 Å². The summed E-state index contributed by atoms with van der Waals surface area (Å²) >= 11 is 1.54. The molecule has 2 atom stereocenters. The van der Waals surface area contributed by atoms with Gasteiger partial charge < -0.3 is 5.11 Å². The van der Waals surface area contributed by atoms with Crippen LogP contribution in [0.3, 0.4) is 0 Å². The van der Waals surface area contributed by atoms with Crippen molar-refractivity contribution < 1.29 is 14.7 Å². The van der Waals surface area contributed by atoms with Gasteiger partial charge in [-0.25, -0.2) is 0 Å². The van der Waals surface area contributed by atoms with Crippen molar-refractivity contribution in [3.63, 3.8) is 0 Å². The van der Waals surface area contributed by atoms with Crippen LogP contribution in [0.2, 0.25) is 0 Å². The summed E-state index contributed by atoms with van der Waals surface area (Å²) in [6.07, 6.45) is 0.194. The number of benzene rings is 1. The molecule has 1 aromatic carbocycles. The fourth-order valence-electron chi connectivity index (χ4n) is 2.90. The maximum absolute atomic E-state index is 12.6. The lowest BCUT2D eigenvalue weighted by Gasteiger charge is -2.34. The first-order valence-corrected chi connectivity index (χ1v) is 7.48. The standard InChI is InChI=1S/C14H15NO3S/c16-11-8-19-9-14(11)7-6-12(17)15(14)13(18)10-4-2-1-3-5-10/h1-5,12,17H,6-9H2/t12-,14+/m0/s1. The number of carbonyl (C=O) groups is 2. The topological polar surface area (TPSA) is 57.6 Å². The van der Waals surface area contributed by atoms with E-state index in [0.29, 0.717) is 29.9 Å². The SMILES string of the molecule is O=C(c1ccccc1)N1[C@@H](O)CC[C@]12CSCC2=O. The Kier molecular flexibility index (Phi) is 3.11. The lowest BCUT2D eigenvalue weighted by molar-refractivity contribution is -0.126. The quantitative estimate of drug-likeness (QED) is 0.840. The van der Waals surface area contributed by atoms with E-state index >= 15 is 0 Å². The molecule has 1 aromatic rings. The largest absolute Gasteiger partial charge is 0.373 e. The molecule has 100 valence electrons. The van der Waals surface area contributed by atoms with Crippen LogP contribution in [0.4, 0.5) is 0 Å². The number of thioether (sulfide) groups is 1. The molecule has 2 saturated heterocycles. The Morgan fingerprint density at radius 3 is 2.74 bits per heavy atom. The van der Waals surface area contributed by atoms with Crippen LogP contribution in [-0.2, 0) is 4.79 Å². The summed E-state index contributed by atoms with van der Waals surface area (Å²) < 4.78 is 0. The first-order valence-electron chi connectivity index (χ1n) is 6.33. The number of ketones is 1. The zero-order valence-corrected chi connectivity index (χ0v) is 11.2. The normalized spacial score (nSPS) is 30.3. The number of aliphatic hydroxyl groups is 1. The van der Waals surface area contributed by atoms with E-state index in [0.717, 1.165) is 0 Å². The van der Waals surface area contributed by atoms with Gasteiger partial charge in [-0.05, 0) is 25.0 Å². The predicted octanol–water partition coefficient (Wildman–Crippen LogP) is 1.30. The number of likely N-dealkylation sites (tertiary alicyclic amines) is 1. The Morgan fingerprint density at radius 1 is 1.37 bits per heavy atom. The highest BCUT2D eigenvalue weighted by Gasteiger charge is 2.55. The van der Waals surface area contributed by atoms with Gasteiger partial charge in [0.25, 0.3) is 5.91 Å². The van der Waals surface area contributed by atoms with Gasteiger partial charge in [0.05, 0.1) is 5.75 Å². The smallest absolute Gasteiger partial charge is 0.256 e.